The summed E-state index contributed by atoms with van der Waals surface area (Å²) in [6, 6.07) is 15.3. The Kier molecular flexibility index (Phi) is 5.31. The van der Waals surface area contributed by atoms with Crippen molar-refractivity contribution in [3.05, 3.63) is 83.4 Å². The second-order valence-corrected chi connectivity index (χ2v) is 5.15. The lowest BCUT2D eigenvalue weighted by atomic mass is 10.0. The molecule has 0 aliphatic carbocycles. The molecule has 2 aromatic carbocycles. The summed E-state index contributed by atoms with van der Waals surface area (Å²) < 4.78 is 5.29. The summed E-state index contributed by atoms with van der Waals surface area (Å²) in [4.78, 5) is 12.3. The minimum atomic E-state index is -0.00956. The molecular weight excluding hydrogens is 272 g/mol. The van der Waals surface area contributed by atoms with E-state index in [2.05, 4.69) is 6.58 Å². The summed E-state index contributed by atoms with van der Waals surface area (Å²) in [5.74, 6) is 0.805. The highest BCUT2D eigenvalue weighted by Gasteiger charge is 2.08. The van der Waals surface area contributed by atoms with Gasteiger partial charge in [-0.1, -0.05) is 66.8 Å². The Labute approximate surface area is 131 Å². The maximum Gasteiger partial charge on any atom is 0.188 e. The lowest BCUT2D eigenvalue weighted by Crippen LogP contribution is -2.01. The summed E-state index contributed by atoms with van der Waals surface area (Å²) in [7, 11) is 1.65. The van der Waals surface area contributed by atoms with Crippen molar-refractivity contribution in [3.8, 4) is 5.75 Å². The van der Waals surface area contributed by atoms with Crippen molar-refractivity contribution >= 4 is 11.9 Å². The molecule has 0 fully saturated rings. The number of ketones is 1. The Balaban J connectivity index is 2.01. The number of rotatable bonds is 6. The molecule has 2 nitrogen and oxygen atoms in total. The van der Waals surface area contributed by atoms with Gasteiger partial charge in [-0.2, -0.15) is 0 Å². The predicted octanol–water partition coefficient (Wildman–Crippen LogP) is 4.85. The van der Waals surface area contributed by atoms with Gasteiger partial charge in [0.05, 0.1) is 7.11 Å². The first-order chi connectivity index (χ1) is 10.6. The highest BCUT2D eigenvalue weighted by atomic mass is 16.5. The molecule has 2 heteroatoms. The lowest BCUT2D eigenvalue weighted by molar-refractivity contribution is 0.103. The Morgan fingerprint density at radius 1 is 1.14 bits per heavy atom. The first-order valence-electron chi connectivity index (χ1n) is 7.20. The van der Waals surface area contributed by atoms with Gasteiger partial charge in [-0.25, -0.2) is 0 Å². The van der Waals surface area contributed by atoms with Gasteiger partial charge in [-0.05, 0) is 25.0 Å². The zero-order valence-electron chi connectivity index (χ0n) is 13.0. The van der Waals surface area contributed by atoms with Crippen LogP contribution in [0.15, 0.2) is 66.8 Å². The van der Waals surface area contributed by atoms with Gasteiger partial charge in [0.25, 0.3) is 0 Å². The standard InChI is InChI=1S/C20H20O2/c1-15-11-13-18(14-12-15)20(21)16(2)7-6-9-17-8-4-5-10-19(17)22-3/h4-6,8-14H,2,7H2,1,3H3/b9-6+. The molecule has 0 unspecified atom stereocenters. The van der Waals surface area contributed by atoms with E-state index in [0.29, 0.717) is 17.6 Å². The zero-order chi connectivity index (χ0) is 15.9. The largest absolute Gasteiger partial charge is 0.496 e. The first kappa shape index (κ1) is 15.8. The van der Waals surface area contributed by atoms with E-state index < -0.39 is 0 Å². The first-order valence-corrected chi connectivity index (χ1v) is 7.20. The topological polar surface area (TPSA) is 26.3 Å². The van der Waals surface area contributed by atoms with Crippen molar-refractivity contribution in [1.82, 2.24) is 0 Å². The molecule has 0 amide bonds. The molecule has 2 aromatic rings. The van der Waals surface area contributed by atoms with Gasteiger partial charge < -0.3 is 4.74 Å². The second-order valence-electron chi connectivity index (χ2n) is 5.15. The van der Waals surface area contributed by atoms with E-state index in [-0.39, 0.29) is 5.78 Å². The van der Waals surface area contributed by atoms with Crippen LogP contribution in [0.25, 0.3) is 6.08 Å². The van der Waals surface area contributed by atoms with Crippen LogP contribution in [-0.2, 0) is 0 Å². The maximum atomic E-state index is 12.3. The molecule has 0 atom stereocenters. The molecule has 0 saturated carbocycles. The van der Waals surface area contributed by atoms with E-state index in [9.17, 15) is 4.79 Å². The Hall–Kier alpha value is -2.61. The van der Waals surface area contributed by atoms with E-state index in [4.69, 9.17) is 4.74 Å². The molecule has 112 valence electrons. The smallest absolute Gasteiger partial charge is 0.188 e. The summed E-state index contributed by atoms with van der Waals surface area (Å²) in [6.07, 6.45) is 4.41. The third-order valence-corrected chi connectivity index (χ3v) is 3.44. The number of hydrogen-bond donors (Lipinski definition) is 0. The van der Waals surface area contributed by atoms with E-state index >= 15 is 0 Å². The number of allylic oxidation sites excluding steroid dienone is 2. The van der Waals surface area contributed by atoms with Gasteiger partial charge in [0, 0.05) is 11.1 Å². The Morgan fingerprint density at radius 3 is 2.50 bits per heavy atom. The van der Waals surface area contributed by atoms with Crippen LogP contribution in [0.5, 0.6) is 5.75 Å². The van der Waals surface area contributed by atoms with Crippen LogP contribution >= 0.6 is 0 Å². The van der Waals surface area contributed by atoms with Gasteiger partial charge in [0.15, 0.2) is 5.78 Å². The van der Waals surface area contributed by atoms with Crippen molar-refractivity contribution in [3.63, 3.8) is 0 Å². The van der Waals surface area contributed by atoms with Crippen LogP contribution in [-0.4, -0.2) is 12.9 Å². The second kappa shape index (κ2) is 7.41. The van der Waals surface area contributed by atoms with Gasteiger partial charge in [0.2, 0.25) is 0 Å². The van der Waals surface area contributed by atoms with Crippen LogP contribution in [0.2, 0.25) is 0 Å². The van der Waals surface area contributed by atoms with Crippen molar-refractivity contribution in [2.24, 2.45) is 0 Å². The number of aryl methyl sites for hydroxylation is 1. The predicted molar refractivity (Wildman–Crippen MR) is 91.3 cm³/mol. The van der Waals surface area contributed by atoms with E-state index in [1.807, 2.05) is 67.6 Å². The third kappa shape index (κ3) is 3.95. The number of methoxy groups -OCH3 is 1. The van der Waals surface area contributed by atoms with Crippen LogP contribution in [0.3, 0.4) is 0 Å². The molecule has 0 radical (unpaired) electrons. The number of carbonyl (C=O) groups is 1. The van der Waals surface area contributed by atoms with Crippen molar-refractivity contribution in [2.75, 3.05) is 7.11 Å². The van der Waals surface area contributed by atoms with Crippen molar-refractivity contribution < 1.29 is 9.53 Å². The fourth-order valence-electron chi connectivity index (χ4n) is 2.13. The fraction of sp³-hybridized carbons (Fsp3) is 0.150. The van der Waals surface area contributed by atoms with Crippen LogP contribution in [0, 0.1) is 6.92 Å². The number of hydrogen-bond acceptors (Lipinski definition) is 2. The van der Waals surface area contributed by atoms with E-state index in [0.717, 1.165) is 16.9 Å². The number of carbonyl (C=O) groups excluding carboxylic acids is 1. The van der Waals surface area contributed by atoms with Crippen LogP contribution in [0.1, 0.15) is 27.9 Å². The highest BCUT2D eigenvalue weighted by Crippen LogP contribution is 2.20. The summed E-state index contributed by atoms with van der Waals surface area (Å²) >= 11 is 0. The number of para-hydroxylation sites is 1. The molecule has 2 rings (SSSR count). The number of ether oxygens (including phenoxy) is 1. The molecule has 0 aliphatic rings. The number of Topliss-reactive ketones (excluding diaryl/α,β-unsaturated/α-hetero) is 1. The monoisotopic (exact) mass is 292 g/mol. The summed E-state index contributed by atoms with van der Waals surface area (Å²) in [6.45, 7) is 5.89. The molecular formula is C20H20O2. The van der Waals surface area contributed by atoms with E-state index in [1.165, 1.54) is 0 Å². The van der Waals surface area contributed by atoms with Crippen LogP contribution in [0.4, 0.5) is 0 Å². The molecule has 0 bridgehead atoms. The van der Waals surface area contributed by atoms with E-state index in [1.54, 1.807) is 7.11 Å². The lowest BCUT2D eigenvalue weighted by Gasteiger charge is -2.04. The SMILES string of the molecule is C=C(C/C=C/c1ccccc1OC)C(=O)c1ccc(C)cc1. The summed E-state index contributed by atoms with van der Waals surface area (Å²) in [5.41, 5.74) is 3.38. The van der Waals surface area contributed by atoms with Gasteiger partial charge in [-0.15, -0.1) is 0 Å². The zero-order valence-corrected chi connectivity index (χ0v) is 13.0. The third-order valence-electron chi connectivity index (χ3n) is 3.44. The van der Waals surface area contributed by atoms with Crippen LogP contribution < -0.4 is 4.74 Å². The Morgan fingerprint density at radius 2 is 1.82 bits per heavy atom. The van der Waals surface area contributed by atoms with Crippen molar-refractivity contribution in [1.29, 1.82) is 0 Å². The average molecular weight is 292 g/mol. The van der Waals surface area contributed by atoms with Gasteiger partial charge in [0.1, 0.15) is 5.75 Å². The molecule has 0 saturated heterocycles. The maximum absolute atomic E-state index is 12.3. The fourth-order valence-corrected chi connectivity index (χ4v) is 2.13. The minimum absolute atomic E-state index is 0.00956. The number of benzene rings is 2. The normalized spacial score (nSPS) is 10.6. The Bertz CT molecular complexity index is 694. The molecule has 22 heavy (non-hydrogen) atoms. The minimum Gasteiger partial charge on any atom is -0.496 e. The quantitative estimate of drug-likeness (QED) is 0.562. The van der Waals surface area contributed by atoms with Gasteiger partial charge in [-0.3, -0.25) is 4.79 Å². The molecule has 0 aliphatic heterocycles. The molecule has 0 N–H and O–H groups in total. The molecule has 0 spiro atoms. The molecule has 0 aromatic heterocycles. The molecule has 0 heterocycles. The summed E-state index contributed by atoms with van der Waals surface area (Å²) in [5, 5.41) is 0. The highest BCUT2D eigenvalue weighted by molar-refractivity contribution is 6.08. The average Bonchev–Trinajstić information content (AvgIpc) is 2.55. The van der Waals surface area contributed by atoms with Crippen molar-refractivity contribution in [2.45, 2.75) is 13.3 Å². The van der Waals surface area contributed by atoms with Gasteiger partial charge >= 0.3 is 0 Å².